The summed E-state index contributed by atoms with van der Waals surface area (Å²) in [5, 5.41) is 0. The number of benzene rings is 3. The molecule has 0 N–H and O–H groups in total. The number of allylic oxidation sites excluding steroid dienone is 4. The summed E-state index contributed by atoms with van der Waals surface area (Å²) in [6.45, 7) is 4.45. The van der Waals surface area contributed by atoms with Gasteiger partial charge in [-0.25, -0.2) is 13.2 Å². The topological polar surface area (TPSA) is 9.23 Å². The monoisotopic (exact) mass is 550 g/mol. The van der Waals surface area contributed by atoms with Crippen molar-refractivity contribution in [1.82, 2.24) is 0 Å². The van der Waals surface area contributed by atoms with E-state index in [1.807, 2.05) is 13.0 Å². The molecule has 5 heteroatoms. The van der Waals surface area contributed by atoms with E-state index in [0.29, 0.717) is 29.2 Å². The molecule has 0 heterocycles. The number of hydrogen-bond acceptors (Lipinski definition) is 1. The van der Waals surface area contributed by atoms with Gasteiger partial charge in [0.2, 0.25) is 5.82 Å². The lowest BCUT2D eigenvalue weighted by Gasteiger charge is -2.22. The predicted molar refractivity (Wildman–Crippen MR) is 156 cm³/mol. The van der Waals surface area contributed by atoms with E-state index in [9.17, 15) is 8.78 Å². The Bertz CT molecular complexity index is 1340. The average molecular weight is 551 g/mol. The maximum atomic E-state index is 15.2. The van der Waals surface area contributed by atoms with Crippen LogP contribution >= 0.6 is 0 Å². The maximum Gasteiger partial charge on any atom is 0.201 e. The number of ether oxygens (including phenoxy) is 1. The molecule has 0 bridgehead atoms. The van der Waals surface area contributed by atoms with E-state index in [1.165, 1.54) is 12.1 Å². The smallest absolute Gasteiger partial charge is 0.201 e. The summed E-state index contributed by atoms with van der Waals surface area (Å²) in [4.78, 5) is 0. The third kappa shape index (κ3) is 7.04. The normalized spacial score (nSPS) is 15.4. The van der Waals surface area contributed by atoms with Crippen LogP contribution in [0.2, 0.25) is 0 Å². The Morgan fingerprint density at radius 3 is 2.02 bits per heavy atom. The van der Waals surface area contributed by atoms with E-state index in [0.717, 1.165) is 63.4 Å². The molecule has 0 radical (unpaired) electrons. The van der Waals surface area contributed by atoms with Gasteiger partial charge in [-0.3, -0.25) is 0 Å². The summed E-state index contributed by atoms with van der Waals surface area (Å²) < 4.78 is 65.3. The Hall–Kier alpha value is -3.34. The van der Waals surface area contributed by atoms with Gasteiger partial charge in [-0.05, 0) is 80.2 Å². The zero-order valence-electron chi connectivity index (χ0n) is 23.4. The number of rotatable bonds is 12. The highest BCUT2D eigenvalue weighted by molar-refractivity contribution is 5.74. The zero-order chi connectivity index (χ0) is 28.5. The number of unbranched alkanes of at least 4 members (excludes halogenated alkanes) is 3. The quantitative estimate of drug-likeness (QED) is 0.124. The lowest BCUT2D eigenvalue weighted by molar-refractivity contribution is 0.285. The van der Waals surface area contributed by atoms with Crippen molar-refractivity contribution in [1.29, 1.82) is 0 Å². The van der Waals surface area contributed by atoms with Gasteiger partial charge in [-0.2, -0.15) is 4.39 Å². The first-order chi connectivity index (χ1) is 19.4. The van der Waals surface area contributed by atoms with Crippen molar-refractivity contribution >= 4 is 5.57 Å². The Kier molecular flexibility index (Phi) is 10.6. The summed E-state index contributed by atoms with van der Waals surface area (Å²) in [6, 6.07) is 12.5. The van der Waals surface area contributed by atoms with Gasteiger partial charge < -0.3 is 4.74 Å². The summed E-state index contributed by atoms with van der Waals surface area (Å²) >= 11 is 0. The predicted octanol–water partition coefficient (Wildman–Crippen LogP) is 11.1. The Labute approximate surface area is 235 Å². The van der Waals surface area contributed by atoms with Crippen molar-refractivity contribution in [2.45, 2.75) is 71.6 Å². The van der Waals surface area contributed by atoms with Crippen LogP contribution in [0.5, 0.6) is 5.75 Å². The molecule has 1 nitrogen and oxygen atoms in total. The molecule has 212 valence electrons. The molecule has 0 saturated heterocycles. The molecular formula is C35H38F4O. The molecule has 4 rings (SSSR count). The molecular weight excluding hydrogens is 512 g/mol. The van der Waals surface area contributed by atoms with Crippen LogP contribution in [0.1, 0.15) is 77.2 Å². The second kappa shape index (κ2) is 14.3. The molecule has 3 aromatic rings. The minimum absolute atomic E-state index is 0.0811. The van der Waals surface area contributed by atoms with Crippen molar-refractivity contribution in [2.75, 3.05) is 6.61 Å². The van der Waals surface area contributed by atoms with Crippen LogP contribution in [0, 0.1) is 29.2 Å². The van der Waals surface area contributed by atoms with Gasteiger partial charge >= 0.3 is 0 Å². The average Bonchev–Trinajstić information content (AvgIpc) is 2.97. The van der Waals surface area contributed by atoms with E-state index in [-0.39, 0.29) is 16.9 Å². The first-order valence-corrected chi connectivity index (χ1v) is 14.4. The number of halogens is 4. The molecule has 1 atom stereocenters. The zero-order valence-corrected chi connectivity index (χ0v) is 23.4. The highest BCUT2D eigenvalue weighted by Crippen LogP contribution is 2.37. The molecule has 1 unspecified atom stereocenters. The Balaban J connectivity index is 1.47. The molecule has 0 aromatic heterocycles. The molecule has 1 aliphatic carbocycles. The summed E-state index contributed by atoms with van der Waals surface area (Å²) in [5.41, 5.74) is 2.27. The Morgan fingerprint density at radius 1 is 0.775 bits per heavy atom. The molecule has 40 heavy (non-hydrogen) atoms. The van der Waals surface area contributed by atoms with Crippen LogP contribution in [-0.4, -0.2) is 6.61 Å². The fourth-order valence-electron chi connectivity index (χ4n) is 5.32. The van der Waals surface area contributed by atoms with Gasteiger partial charge in [-0.15, -0.1) is 0 Å². The fourth-order valence-corrected chi connectivity index (χ4v) is 5.32. The van der Waals surface area contributed by atoms with Gasteiger partial charge in [0.1, 0.15) is 0 Å². The SMILES string of the molecule is C/C=C/CCC1CC=C(c2ccc(-c3ccc(-c4ccc(OCCCCCC)c(F)c4F)cc3)c(F)c2F)CC1. The maximum absolute atomic E-state index is 15.2. The van der Waals surface area contributed by atoms with Crippen LogP contribution in [0.15, 0.2) is 66.8 Å². The van der Waals surface area contributed by atoms with Crippen LogP contribution in [0.3, 0.4) is 0 Å². The second-order valence-corrected chi connectivity index (χ2v) is 10.5. The minimum Gasteiger partial charge on any atom is -0.490 e. The van der Waals surface area contributed by atoms with Gasteiger partial charge in [0.05, 0.1) is 6.61 Å². The lowest BCUT2D eigenvalue weighted by atomic mass is 9.83. The summed E-state index contributed by atoms with van der Waals surface area (Å²) in [7, 11) is 0. The van der Waals surface area contributed by atoms with Crippen molar-refractivity contribution in [3.63, 3.8) is 0 Å². The molecule has 1 aliphatic rings. The summed E-state index contributed by atoms with van der Waals surface area (Å²) in [6.07, 6.45) is 14.9. The Morgan fingerprint density at radius 2 is 1.40 bits per heavy atom. The first kappa shape index (κ1) is 29.6. The van der Waals surface area contributed by atoms with E-state index >= 15 is 8.78 Å². The first-order valence-electron chi connectivity index (χ1n) is 14.4. The number of hydrogen-bond donors (Lipinski definition) is 0. The van der Waals surface area contributed by atoms with E-state index in [1.54, 1.807) is 36.4 Å². The van der Waals surface area contributed by atoms with Crippen molar-refractivity contribution in [3.05, 3.63) is 95.6 Å². The van der Waals surface area contributed by atoms with Crippen LogP contribution < -0.4 is 4.74 Å². The lowest BCUT2D eigenvalue weighted by Crippen LogP contribution is -2.07. The second-order valence-electron chi connectivity index (χ2n) is 10.5. The molecule has 0 fully saturated rings. The van der Waals surface area contributed by atoms with Crippen molar-refractivity contribution < 1.29 is 22.3 Å². The molecule has 0 spiro atoms. The van der Waals surface area contributed by atoms with Crippen LogP contribution in [-0.2, 0) is 0 Å². The third-order valence-corrected chi connectivity index (χ3v) is 7.73. The van der Waals surface area contributed by atoms with Gasteiger partial charge in [0.25, 0.3) is 0 Å². The summed E-state index contributed by atoms with van der Waals surface area (Å²) in [5.74, 6) is -3.31. The van der Waals surface area contributed by atoms with E-state index in [2.05, 4.69) is 19.1 Å². The van der Waals surface area contributed by atoms with Gasteiger partial charge in [0, 0.05) is 16.7 Å². The standard InChI is InChI=1S/C35H38F4O/c1-3-5-7-9-23-40-31-22-21-30(34(38)35(31)39)27-17-15-26(16-18-27)29-20-19-28(32(36)33(29)37)25-13-11-24(12-14-25)10-8-6-4-2/h4,6,13,15-22,24H,3,5,7-12,14,23H2,1-2H3/b6-4+. The van der Waals surface area contributed by atoms with Crippen LogP contribution in [0.25, 0.3) is 27.8 Å². The highest BCUT2D eigenvalue weighted by atomic mass is 19.2. The molecule has 3 aromatic carbocycles. The molecule has 0 aliphatic heterocycles. The van der Waals surface area contributed by atoms with E-state index in [4.69, 9.17) is 4.74 Å². The van der Waals surface area contributed by atoms with Gasteiger partial charge in [-0.1, -0.05) is 80.8 Å². The highest BCUT2D eigenvalue weighted by Gasteiger charge is 2.21. The largest absolute Gasteiger partial charge is 0.490 e. The molecule has 0 amide bonds. The van der Waals surface area contributed by atoms with Crippen molar-refractivity contribution in [3.8, 4) is 28.0 Å². The van der Waals surface area contributed by atoms with Gasteiger partial charge in [0.15, 0.2) is 23.2 Å². The third-order valence-electron chi connectivity index (χ3n) is 7.73. The molecule has 0 saturated carbocycles. The minimum atomic E-state index is -1.03. The van der Waals surface area contributed by atoms with E-state index < -0.39 is 23.3 Å². The van der Waals surface area contributed by atoms with Crippen molar-refractivity contribution in [2.24, 2.45) is 5.92 Å². The fraction of sp³-hybridized carbons (Fsp3) is 0.371. The van der Waals surface area contributed by atoms with Crippen LogP contribution in [0.4, 0.5) is 17.6 Å².